The highest BCUT2D eigenvalue weighted by atomic mass is 35.5. The van der Waals surface area contributed by atoms with E-state index in [0.29, 0.717) is 22.7 Å². The molecule has 0 radical (unpaired) electrons. The van der Waals surface area contributed by atoms with Crippen molar-refractivity contribution in [2.24, 2.45) is 0 Å². The van der Waals surface area contributed by atoms with Crippen LogP contribution in [0.2, 0.25) is 5.02 Å². The summed E-state index contributed by atoms with van der Waals surface area (Å²) in [5.41, 5.74) is 2.67. The maximum atomic E-state index is 12.7. The number of hydrogen-bond acceptors (Lipinski definition) is 4. The number of aromatic nitrogens is 2. The number of hydrogen-bond donors (Lipinski definition) is 1. The highest BCUT2D eigenvalue weighted by molar-refractivity contribution is 7.17. The molecule has 0 aliphatic heterocycles. The summed E-state index contributed by atoms with van der Waals surface area (Å²) in [5, 5.41) is 3.24. The number of nitrogens with one attached hydrogen (secondary N) is 1. The van der Waals surface area contributed by atoms with Gasteiger partial charge in [0.05, 0.1) is 12.5 Å². The second kappa shape index (κ2) is 6.94. The Morgan fingerprint density at radius 3 is 2.85 bits per heavy atom. The van der Waals surface area contributed by atoms with Crippen molar-refractivity contribution in [3.63, 3.8) is 0 Å². The van der Waals surface area contributed by atoms with Crippen molar-refractivity contribution in [3.05, 3.63) is 80.7 Å². The number of benzene rings is 2. The van der Waals surface area contributed by atoms with Crippen LogP contribution in [0.15, 0.2) is 58.7 Å². The van der Waals surface area contributed by atoms with Crippen LogP contribution in [0, 0.1) is 0 Å². The van der Waals surface area contributed by atoms with Gasteiger partial charge in [-0.25, -0.2) is 4.98 Å². The first-order valence-electron chi connectivity index (χ1n) is 8.03. The van der Waals surface area contributed by atoms with E-state index in [1.165, 1.54) is 11.3 Å². The molecule has 4 nitrogen and oxygen atoms in total. The third-order valence-corrected chi connectivity index (χ3v) is 5.24. The molecule has 2 heterocycles. The fraction of sp³-hybridized carbons (Fsp3) is 0.100. The Hall–Kier alpha value is -2.63. The first-order valence-corrected chi connectivity index (χ1v) is 9.29. The lowest BCUT2D eigenvalue weighted by atomic mass is 10.1. The Morgan fingerprint density at radius 1 is 1.19 bits per heavy atom. The van der Waals surface area contributed by atoms with Gasteiger partial charge in [-0.15, -0.1) is 11.3 Å². The lowest BCUT2D eigenvalue weighted by molar-refractivity contribution is 0.415. The van der Waals surface area contributed by atoms with Crippen LogP contribution in [0.5, 0.6) is 5.75 Å². The second-order valence-electron chi connectivity index (χ2n) is 5.88. The number of nitrogens with zero attached hydrogens (tertiary/aromatic N) is 1. The van der Waals surface area contributed by atoms with Crippen LogP contribution in [-0.2, 0) is 6.42 Å². The fourth-order valence-electron chi connectivity index (χ4n) is 2.92. The van der Waals surface area contributed by atoms with Crippen LogP contribution >= 0.6 is 22.9 Å². The van der Waals surface area contributed by atoms with E-state index in [9.17, 15) is 4.79 Å². The van der Waals surface area contributed by atoms with Crippen LogP contribution in [0.3, 0.4) is 0 Å². The highest BCUT2D eigenvalue weighted by Crippen LogP contribution is 2.32. The van der Waals surface area contributed by atoms with Crippen molar-refractivity contribution in [1.29, 1.82) is 0 Å². The molecule has 4 aromatic rings. The Labute approximate surface area is 159 Å². The van der Waals surface area contributed by atoms with Gasteiger partial charge in [0.1, 0.15) is 16.4 Å². The molecular formula is C20H15ClN2O2S. The zero-order chi connectivity index (χ0) is 18.1. The number of H-pyrrole nitrogens is 1. The number of fused-ring (bicyclic) bond motifs is 1. The van der Waals surface area contributed by atoms with E-state index < -0.39 is 0 Å². The molecule has 0 amide bonds. The average Bonchev–Trinajstić information content (AvgIpc) is 3.06. The molecule has 0 bridgehead atoms. The number of rotatable bonds is 4. The van der Waals surface area contributed by atoms with Gasteiger partial charge >= 0.3 is 0 Å². The van der Waals surface area contributed by atoms with Gasteiger partial charge in [-0.05, 0) is 35.4 Å². The Morgan fingerprint density at radius 2 is 2.04 bits per heavy atom. The monoisotopic (exact) mass is 382 g/mol. The summed E-state index contributed by atoms with van der Waals surface area (Å²) < 4.78 is 5.28. The van der Waals surface area contributed by atoms with Crippen molar-refractivity contribution in [3.8, 4) is 16.9 Å². The Balaban J connectivity index is 1.77. The molecule has 4 rings (SSSR count). The maximum Gasteiger partial charge on any atom is 0.260 e. The Bertz CT molecular complexity index is 1150. The van der Waals surface area contributed by atoms with Gasteiger partial charge in [0, 0.05) is 22.4 Å². The molecular weight excluding hydrogens is 368 g/mol. The summed E-state index contributed by atoms with van der Waals surface area (Å²) >= 11 is 7.50. The molecule has 2 aromatic heterocycles. The lowest BCUT2D eigenvalue weighted by Gasteiger charge is -2.05. The van der Waals surface area contributed by atoms with Crippen molar-refractivity contribution in [1.82, 2.24) is 9.97 Å². The van der Waals surface area contributed by atoms with Gasteiger partial charge in [-0.2, -0.15) is 0 Å². The molecule has 0 unspecified atom stereocenters. The van der Waals surface area contributed by atoms with Gasteiger partial charge in [-0.3, -0.25) is 4.79 Å². The van der Waals surface area contributed by atoms with Crippen molar-refractivity contribution >= 4 is 33.2 Å². The summed E-state index contributed by atoms with van der Waals surface area (Å²) in [7, 11) is 1.63. The molecule has 26 heavy (non-hydrogen) atoms. The lowest BCUT2D eigenvalue weighted by Crippen LogP contribution is -2.11. The molecule has 0 spiro atoms. The molecule has 0 atom stereocenters. The number of halogens is 1. The molecule has 0 saturated heterocycles. The molecule has 0 aliphatic carbocycles. The van der Waals surface area contributed by atoms with Gasteiger partial charge in [0.25, 0.3) is 5.56 Å². The van der Waals surface area contributed by atoms with Gasteiger partial charge in [0.2, 0.25) is 0 Å². The SMILES string of the molecule is COc1cccc(-c2csc3nc(Cc4cccc(Cl)c4)[nH]c(=O)c23)c1. The highest BCUT2D eigenvalue weighted by Gasteiger charge is 2.13. The van der Waals surface area contributed by atoms with E-state index in [4.69, 9.17) is 16.3 Å². The first kappa shape index (κ1) is 16.8. The van der Waals surface area contributed by atoms with E-state index >= 15 is 0 Å². The number of aromatic amines is 1. The topological polar surface area (TPSA) is 55.0 Å². The minimum Gasteiger partial charge on any atom is -0.497 e. The summed E-state index contributed by atoms with van der Waals surface area (Å²) in [5.74, 6) is 1.38. The maximum absolute atomic E-state index is 12.7. The predicted molar refractivity (Wildman–Crippen MR) is 106 cm³/mol. The first-order chi connectivity index (χ1) is 12.6. The standard InChI is InChI=1S/C20H15ClN2O2S/c1-25-15-7-3-5-13(10-15)16-11-26-20-18(16)19(24)22-17(23-20)9-12-4-2-6-14(21)8-12/h2-8,10-11H,9H2,1H3,(H,22,23,24). The van der Waals surface area contributed by atoms with Gasteiger partial charge in [0.15, 0.2) is 0 Å². The van der Waals surface area contributed by atoms with Crippen molar-refractivity contribution in [2.75, 3.05) is 7.11 Å². The third kappa shape index (κ3) is 3.23. The van der Waals surface area contributed by atoms with E-state index in [0.717, 1.165) is 27.3 Å². The van der Waals surface area contributed by atoms with E-state index in [1.54, 1.807) is 7.11 Å². The molecule has 0 fully saturated rings. The third-order valence-electron chi connectivity index (χ3n) is 4.13. The quantitative estimate of drug-likeness (QED) is 0.546. The Kier molecular flexibility index (Phi) is 4.49. The molecule has 1 N–H and O–H groups in total. The van der Waals surface area contributed by atoms with Gasteiger partial charge < -0.3 is 9.72 Å². The average molecular weight is 383 g/mol. The van der Waals surface area contributed by atoms with Crippen LogP contribution < -0.4 is 10.3 Å². The minimum atomic E-state index is -0.133. The number of thiophene rings is 1. The molecule has 2 aromatic carbocycles. The van der Waals surface area contributed by atoms with Crippen LogP contribution in [0.4, 0.5) is 0 Å². The largest absolute Gasteiger partial charge is 0.497 e. The summed E-state index contributed by atoms with van der Waals surface area (Å²) in [6, 6.07) is 15.2. The van der Waals surface area contributed by atoms with Crippen LogP contribution in [0.1, 0.15) is 11.4 Å². The molecule has 0 aliphatic rings. The zero-order valence-electron chi connectivity index (χ0n) is 14.0. The summed E-state index contributed by atoms with van der Waals surface area (Å²) in [6.45, 7) is 0. The molecule has 0 saturated carbocycles. The van der Waals surface area contributed by atoms with Crippen molar-refractivity contribution in [2.45, 2.75) is 6.42 Å². The van der Waals surface area contributed by atoms with E-state index in [1.807, 2.05) is 53.9 Å². The second-order valence-corrected chi connectivity index (χ2v) is 7.18. The molecule has 130 valence electrons. The summed E-state index contributed by atoms with van der Waals surface area (Å²) in [4.78, 5) is 21.0. The predicted octanol–water partition coefficient (Wildman–Crippen LogP) is 4.90. The number of ether oxygens (including phenoxy) is 1. The van der Waals surface area contributed by atoms with Crippen LogP contribution in [0.25, 0.3) is 21.3 Å². The van der Waals surface area contributed by atoms with Gasteiger partial charge in [-0.1, -0.05) is 35.9 Å². The fourth-order valence-corrected chi connectivity index (χ4v) is 4.10. The normalized spacial score (nSPS) is 11.0. The van der Waals surface area contributed by atoms with E-state index in [2.05, 4.69) is 9.97 Å². The zero-order valence-corrected chi connectivity index (χ0v) is 15.5. The minimum absolute atomic E-state index is 0.133. The number of methoxy groups -OCH3 is 1. The molecule has 6 heteroatoms. The smallest absolute Gasteiger partial charge is 0.260 e. The van der Waals surface area contributed by atoms with Crippen LogP contribution in [-0.4, -0.2) is 17.1 Å². The van der Waals surface area contributed by atoms with Crippen molar-refractivity contribution < 1.29 is 4.74 Å². The summed E-state index contributed by atoms with van der Waals surface area (Å²) in [6.07, 6.45) is 0.526. The van der Waals surface area contributed by atoms with E-state index in [-0.39, 0.29) is 5.56 Å².